The van der Waals surface area contributed by atoms with E-state index in [9.17, 15) is 28.8 Å². The van der Waals surface area contributed by atoms with Gasteiger partial charge in [-0.25, -0.2) is 9.59 Å². The van der Waals surface area contributed by atoms with Crippen LogP contribution in [0.2, 0.25) is 0 Å². The number of hydrogen-bond acceptors (Lipinski definition) is 6. The van der Waals surface area contributed by atoms with Gasteiger partial charge in [0.15, 0.2) is 0 Å². The minimum Gasteiger partial charge on any atom is -0.693 e. The van der Waals surface area contributed by atoms with E-state index in [0.717, 1.165) is 12.8 Å². The number of carbonyl (C=O) groups is 6. The molecule has 1 aromatic carbocycles. The van der Waals surface area contributed by atoms with Gasteiger partial charge in [-0.1, -0.05) is 24.6 Å². The molecule has 1 aliphatic heterocycles. The van der Waals surface area contributed by atoms with Crippen LogP contribution in [0.15, 0.2) is 42.5 Å². The van der Waals surface area contributed by atoms with Crippen molar-refractivity contribution in [1.82, 2.24) is 10.2 Å². The van der Waals surface area contributed by atoms with E-state index in [2.05, 4.69) is 19.2 Å². The molecular formula is C25H34N4O8Pt. The third-order valence-electron chi connectivity index (χ3n) is 5.53. The predicted molar refractivity (Wildman–Crippen MR) is 137 cm³/mol. The van der Waals surface area contributed by atoms with Gasteiger partial charge < -0.3 is 51.3 Å². The molecule has 12 nitrogen and oxygen atoms in total. The minimum absolute atomic E-state index is 0. The van der Waals surface area contributed by atoms with Crippen molar-refractivity contribution in [3.8, 4) is 0 Å². The molecule has 0 aromatic heterocycles. The van der Waals surface area contributed by atoms with E-state index in [-0.39, 0.29) is 56.7 Å². The van der Waals surface area contributed by atoms with Gasteiger partial charge in [-0.05, 0) is 44.2 Å². The second-order valence-corrected chi connectivity index (χ2v) is 7.91. The number of hydrogen-bond donors (Lipinski definition) is 3. The number of nitrogens with one attached hydrogen (secondary N) is 1. The molecule has 0 saturated heterocycles. The summed E-state index contributed by atoms with van der Waals surface area (Å²) in [5, 5.41) is 18.9. The Morgan fingerprint density at radius 2 is 1.37 bits per heavy atom. The smallest absolute Gasteiger partial charge is 0.693 e. The van der Waals surface area contributed by atoms with Crippen LogP contribution in [0.4, 0.5) is 4.79 Å². The van der Waals surface area contributed by atoms with Crippen LogP contribution in [0.1, 0.15) is 48.9 Å². The van der Waals surface area contributed by atoms with E-state index in [1.54, 1.807) is 30.3 Å². The first-order valence-electron chi connectivity index (χ1n) is 11.0. The molecule has 212 valence electrons. The Hall–Kier alpha value is -3.47. The van der Waals surface area contributed by atoms with Crippen LogP contribution in [0.25, 0.3) is 12.3 Å². The van der Waals surface area contributed by atoms with Gasteiger partial charge in [0.25, 0.3) is 11.8 Å². The van der Waals surface area contributed by atoms with Gasteiger partial charge in [-0.3, -0.25) is 14.5 Å². The quantitative estimate of drug-likeness (QED) is 0.146. The zero-order valence-electron chi connectivity index (χ0n) is 20.9. The molecule has 0 atom stereocenters. The molecule has 3 rings (SSSR count). The average molecular weight is 714 g/mol. The number of imide groups is 1. The topological polar surface area (TPSA) is 225 Å². The molecule has 1 aromatic rings. The summed E-state index contributed by atoms with van der Waals surface area (Å²) in [5.41, 5.74) is -0.447. The number of nitrogens with zero attached hydrogens (tertiary/aromatic N) is 1. The first-order chi connectivity index (χ1) is 16.5. The maximum absolute atomic E-state index is 11.1. The molecule has 13 heteroatoms. The van der Waals surface area contributed by atoms with Crippen LogP contribution in [0.5, 0.6) is 0 Å². The number of nitrogens with two attached hydrogens (primary N) is 2. The molecule has 38 heavy (non-hydrogen) atoms. The SMILES string of the molecule is O=C(O)NCCCCCN1C(=O)C=CC1=O.O=C(O)c1ccccc1.[CH2-]C(=O)C1(C([CH2-])=O)CCC1.[NH2-].[NH2-].[Pt+4]. The van der Waals surface area contributed by atoms with Crippen molar-refractivity contribution >= 4 is 35.4 Å². The maximum Gasteiger partial charge on any atom is 4.00 e. The molecule has 0 unspecified atom stereocenters. The van der Waals surface area contributed by atoms with Crippen LogP contribution >= 0.6 is 0 Å². The van der Waals surface area contributed by atoms with Crippen molar-refractivity contribution in [2.24, 2.45) is 5.41 Å². The number of carboxylic acids is 1. The van der Waals surface area contributed by atoms with Gasteiger partial charge in [0, 0.05) is 42.2 Å². The van der Waals surface area contributed by atoms with Gasteiger partial charge in [-0.15, -0.1) is 0 Å². The summed E-state index contributed by atoms with van der Waals surface area (Å²) >= 11 is 0. The van der Waals surface area contributed by atoms with Crippen LogP contribution in [-0.2, 0) is 40.2 Å². The third-order valence-corrected chi connectivity index (χ3v) is 5.53. The number of unbranched alkanes of at least 4 members (excludes halogenated alkanes) is 2. The molecule has 1 heterocycles. The van der Waals surface area contributed by atoms with Gasteiger partial charge >= 0.3 is 33.1 Å². The first kappa shape index (κ1) is 39.0. The van der Waals surface area contributed by atoms with Gasteiger partial charge in [0.05, 0.1) is 5.56 Å². The standard InChI is InChI=1S/C10H14N2O4.C8H10O2.C7H6O2.2H2N.Pt/c13-8-4-5-9(14)12(8)7-3-1-2-6-11-10(15)16;1-6(9)8(7(2)10)4-3-5-8;8-7(9)6-4-2-1-3-5-6;;;/h4-5,11H,1-3,6-7H2,(H,15,16);1-5H2;1-5H,(H,8,9);2*1H2;/q;-2;;2*-1;+4. The molecule has 0 radical (unpaired) electrons. The summed E-state index contributed by atoms with van der Waals surface area (Å²) in [6, 6.07) is 8.30. The van der Waals surface area contributed by atoms with Crippen LogP contribution in [0.3, 0.4) is 0 Å². The maximum atomic E-state index is 11.1. The summed E-state index contributed by atoms with van der Waals surface area (Å²) in [6.45, 7) is 7.31. The fraction of sp³-hybridized carbons (Fsp3) is 0.360. The molecule has 3 amide bonds. The monoisotopic (exact) mass is 713 g/mol. The Kier molecular flexibility index (Phi) is 20.2. The second-order valence-electron chi connectivity index (χ2n) is 7.91. The molecule has 1 saturated carbocycles. The molecule has 1 fully saturated rings. The van der Waals surface area contributed by atoms with Crippen molar-refractivity contribution < 1.29 is 60.0 Å². The van der Waals surface area contributed by atoms with E-state index >= 15 is 0 Å². The first-order valence-corrected chi connectivity index (χ1v) is 11.0. The zero-order valence-corrected chi connectivity index (χ0v) is 23.1. The van der Waals surface area contributed by atoms with Crippen LogP contribution < -0.4 is 5.32 Å². The van der Waals surface area contributed by atoms with Gasteiger partial charge in [-0.2, -0.15) is 0 Å². The molecule has 0 bridgehead atoms. The number of aromatic carboxylic acids is 1. The Labute approximate surface area is 236 Å². The minimum atomic E-state index is -1.03. The average Bonchev–Trinajstić information content (AvgIpc) is 3.08. The molecule has 0 spiro atoms. The van der Waals surface area contributed by atoms with Crippen LogP contribution in [0, 0.1) is 19.3 Å². The van der Waals surface area contributed by atoms with Crippen molar-refractivity contribution in [3.05, 3.63) is 74.2 Å². The number of carboxylic acid groups (broad SMARTS) is 2. The van der Waals surface area contributed by atoms with Crippen molar-refractivity contribution in [1.29, 1.82) is 0 Å². The normalized spacial score (nSPS) is 13.8. The fourth-order valence-electron chi connectivity index (χ4n) is 3.24. The van der Waals surface area contributed by atoms with E-state index in [1.165, 1.54) is 17.1 Å². The van der Waals surface area contributed by atoms with Crippen molar-refractivity contribution in [2.45, 2.75) is 38.5 Å². The predicted octanol–water partition coefficient (Wildman–Crippen LogP) is 4.13. The summed E-state index contributed by atoms with van der Waals surface area (Å²) in [5.74, 6) is -1.95. The summed E-state index contributed by atoms with van der Waals surface area (Å²) in [6.07, 6.45) is 5.91. The van der Waals surface area contributed by atoms with E-state index in [1.807, 2.05) is 0 Å². The van der Waals surface area contributed by atoms with Gasteiger partial charge in [0.2, 0.25) is 0 Å². The Morgan fingerprint density at radius 3 is 1.68 bits per heavy atom. The van der Waals surface area contributed by atoms with Crippen molar-refractivity contribution in [3.63, 3.8) is 0 Å². The Balaban J connectivity index is -0.000000488. The summed E-state index contributed by atoms with van der Waals surface area (Å²) < 4.78 is 0. The van der Waals surface area contributed by atoms with Crippen LogP contribution in [-0.4, -0.2) is 63.6 Å². The van der Waals surface area contributed by atoms with E-state index in [0.29, 0.717) is 44.3 Å². The third kappa shape index (κ3) is 12.7. The Morgan fingerprint density at radius 1 is 0.868 bits per heavy atom. The molecule has 1 aliphatic carbocycles. The number of carbonyl (C=O) groups excluding carboxylic acids is 4. The zero-order chi connectivity index (χ0) is 26.4. The van der Waals surface area contributed by atoms with Gasteiger partial charge in [0.1, 0.15) is 0 Å². The summed E-state index contributed by atoms with van der Waals surface area (Å²) in [7, 11) is 0. The summed E-state index contributed by atoms with van der Waals surface area (Å²) in [4.78, 5) is 65.4. The molecule has 7 N–H and O–H groups in total. The number of amides is 3. The number of ketones is 2. The van der Waals surface area contributed by atoms with E-state index < -0.39 is 17.5 Å². The largest absolute Gasteiger partial charge is 4.00 e. The number of Topliss-reactive ketones (excluding diaryl/α,β-unsaturated/α-hetero) is 2. The number of benzene rings is 1. The second kappa shape index (κ2) is 19.6. The molecular weight excluding hydrogens is 679 g/mol. The number of rotatable bonds is 9. The van der Waals surface area contributed by atoms with E-state index in [4.69, 9.17) is 10.2 Å². The fourth-order valence-corrected chi connectivity index (χ4v) is 3.24. The Bertz CT molecular complexity index is 931. The molecule has 2 aliphatic rings. The van der Waals surface area contributed by atoms with Crippen molar-refractivity contribution in [2.75, 3.05) is 13.1 Å².